The molecular formula is C22H28FN3O9P+. The first-order valence-electron chi connectivity index (χ1n) is 11.1. The fraction of sp³-hybridized carbons (Fsp3) is 0.500. The van der Waals surface area contributed by atoms with Gasteiger partial charge < -0.3 is 19.4 Å². The summed E-state index contributed by atoms with van der Waals surface area (Å²) >= 11 is 0. The highest BCUT2D eigenvalue weighted by molar-refractivity contribution is 7.36. The Balaban J connectivity index is 1.75. The van der Waals surface area contributed by atoms with Crippen molar-refractivity contribution in [3.05, 3.63) is 63.4 Å². The molecule has 3 rings (SSSR count). The molecule has 1 aromatic carbocycles. The predicted molar refractivity (Wildman–Crippen MR) is 124 cm³/mol. The van der Waals surface area contributed by atoms with Crippen molar-refractivity contribution in [1.82, 2.24) is 14.4 Å². The Morgan fingerprint density at radius 3 is 2.56 bits per heavy atom. The van der Waals surface area contributed by atoms with Crippen molar-refractivity contribution in [2.24, 2.45) is 0 Å². The molecule has 0 amide bonds. The van der Waals surface area contributed by atoms with Gasteiger partial charge in [-0.05, 0) is 44.4 Å². The molecule has 2 N–H and O–H groups in total. The number of aromatic amines is 1. The van der Waals surface area contributed by atoms with Crippen LogP contribution >= 0.6 is 8.18 Å². The molecule has 0 aliphatic carbocycles. The maximum Gasteiger partial charge on any atom is 0.653 e. The molecule has 36 heavy (non-hydrogen) atoms. The third-order valence-corrected chi connectivity index (χ3v) is 6.42. The Morgan fingerprint density at radius 2 is 1.94 bits per heavy atom. The summed E-state index contributed by atoms with van der Waals surface area (Å²) < 4.78 is 45.2. The summed E-state index contributed by atoms with van der Waals surface area (Å²) in [5, 5.41) is 10.5. The van der Waals surface area contributed by atoms with Crippen molar-refractivity contribution in [2.45, 2.75) is 63.9 Å². The summed E-state index contributed by atoms with van der Waals surface area (Å²) in [4.78, 5) is 44.3. The van der Waals surface area contributed by atoms with E-state index in [9.17, 15) is 24.1 Å². The lowest BCUT2D eigenvalue weighted by molar-refractivity contribution is -0.159. The molecule has 12 nitrogen and oxygen atoms in total. The minimum Gasteiger partial charge on any atom is -0.462 e. The van der Waals surface area contributed by atoms with E-state index in [1.165, 1.54) is 6.92 Å². The summed E-state index contributed by atoms with van der Waals surface area (Å²) in [7, 11) is -2.88. The van der Waals surface area contributed by atoms with E-state index in [1.54, 1.807) is 44.2 Å². The minimum atomic E-state index is -2.88. The molecular weight excluding hydrogens is 500 g/mol. The minimum absolute atomic E-state index is 0.264. The number of H-pyrrole nitrogens is 1. The maximum absolute atomic E-state index is 15.4. The van der Waals surface area contributed by atoms with Crippen LogP contribution in [0.5, 0.6) is 5.75 Å². The van der Waals surface area contributed by atoms with Crippen LogP contribution in [0.1, 0.15) is 33.9 Å². The van der Waals surface area contributed by atoms with Crippen LogP contribution in [-0.2, 0) is 23.4 Å². The number of aromatic nitrogens is 2. The molecule has 196 valence electrons. The number of esters is 1. The topological polar surface area (TPSA) is 149 Å². The number of para-hydroxylation sites is 1. The van der Waals surface area contributed by atoms with Crippen LogP contribution in [0.4, 0.5) is 4.39 Å². The van der Waals surface area contributed by atoms with Gasteiger partial charge in [0.1, 0.15) is 23.6 Å². The first-order chi connectivity index (χ1) is 16.9. The lowest BCUT2D eigenvalue weighted by atomic mass is 9.98. The quantitative estimate of drug-likeness (QED) is 0.266. The zero-order chi connectivity index (χ0) is 26.6. The van der Waals surface area contributed by atoms with E-state index in [0.717, 1.165) is 28.6 Å². The lowest BCUT2D eigenvalue weighted by Gasteiger charge is -2.24. The number of benzene rings is 1. The molecule has 0 radical (unpaired) electrons. The van der Waals surface area contributed by atoms with Crippen molar-refractivity contribution < 1.29 is 37.7 Å². The summed E-state index contributed by atoms with van der Waals surface area (Å²) in [6.45, 7) is 5.16. The Bertz CT molecular complexity index is 1190. The van der Waals surface area contributed by atoms with Gasteiger partial charge in [0, 0.05) is 12.3 Å². The van der Waals surface area contributed by atoms with E-state index in [0.29, 0.717) is 0 Å². The predicted octanol–water partition coefficient (Wildman–Crippen LogP) is 1.83. The number of alkyl halides is 1. The highest BCUT2D eigenvalue weighted by Gasteiger charge is 2.56. The highest BCUT2D eigenvalue weighted by atomic mass is 31.1. The van der Waals surface area contributed by atoms with Crippen LogP contribution in [0.15, 0.2) is 52.2 Å². The Kier molecular flexibility index (Phi) is 8.75. The molecule has 0 spiro atoms. The lowest BCUT2D eigenvalue weighted by Crippen LogP contribution is -2.43. The van der Waals surface area contributed by atoms with Gasteiger partial charge in [-0.3, -0.25) is 19.1 Å². The van der Waals surface area contributed by atoms with Crippen LogP contribution in [0.3, 0.4) is 0 Å². The molecule has 2 aromatic rings. The number of halogens is 1. The molecule has 2 unspecified atom stereocenters. The molecule has 1 saturated heterocycles. The summed E-state index contributed by atoms with van der Waals surface area (Å²) in [6.07, 6.45) is -4.12. The first-order valence-corrected chi connectivity index (χ1v) is 12.2. The van der Waals surface area contributed by atoms with Crippen LogP contribution in [-0.4, -0.2) is 62.1 Å². The fourth-order valence-electron chi connectivity index (χ4n) is 3.42. The van der Waals surface area contributed by atoms with Gasteiger partial charge in [-0.2, -0.15) is 0 Å². The number of nitrogens with one attached hydrogen (secondary N) is 1. The van der Waals surface area contributed by atoms with Gasteiger partial charge in [-0.25, -0.2) is 9.18 Å². The monoisotopic (exact) mass is 528 g/mol. The van der Waals surface area contributed by atoms with E-state index in [-0.39, 0.29) is 5.75 Å². The number of carbonyl (C=O) groups excluding carboxylic acids is 1. The second-order valence-electron chi connectivity index (χ2n) is 8.54. The second kappa shape index (κ2) is 11.4. The molecule has 1 aromatic heterocycles. The van der Waals surface area contributed by atoms with Crippen molar-refractivity contribution in [1.29, 1.82) is 0 Å². The van der Waals surface area contributed by atoms with Crippen LogP contribution < -0.4 is 16.1 Å². The average molecular weight is 528 g/mol. The third-order valence-electron chi connectivity index (χ3n) is 5.30. The highest BCUT2D eigenvalue weighted by Crippen LogP contribution is 2.42. The molecule has 14 heteroatoms. The zero-order valence-electron chi connectivity index (χ0n) is 20.1. The van der Waals surface area contributed by atoms with Crippen molar-refractivity contribution >= 4 is 14.1 Å². The van der Waals surface area contributed by atoms with Gasteiger partial charge in [0.15, 0.2) is 23.7 Å². The van der Waals surface area contributed by atoms with Crippen LogP contribution in [0.2, 0.25) is 0 Å². The number of ether oxygens (including phenoxy) is 2. The third kappa shape index (κ3) is 6.23. The number of nitrogens with zero attached hydrogens (tertiary/aromatic N) is 2. The molecule has 6 atom stereocenters. The number of hydrogen-bond donors (Lipinski definition) is 2. The molecule has 1 aliphatic heterocycles. The molecule has 0 saturated carbocycles. The Morgan fingerprint density at radius 1 is 1.28 bits per heavy atom. The van der Waals surface area contributed by atoms with E-state index in [4.69, 9.17) is 18.8 Å². The Labute approximate surface area is 206 Å². The van der Waals surface area contributed by atoms with Crippen molar-refractivity contribution in [3.8, 4) is 5.75 Å². The van der Waals surface area contributed by atoms with Gasteiger partial charge in [-0.1, -0.05) is 18.2 Å². The van der Waals surface area contributed by atoms with Gasteiger partial charge >= 0.3 is 19.8 Å². The number of hydrogen-bond acceptors (Lipinski definition) is 9. The molecule has 2 heterocycles. The maximum atomic E-state index is 15.4. The largest absolute Gasteiger partial charge is 0.653 e. The van der Waals surface area contributed by atoms with E-state index < -0.39 is 68.3 Å². The van der Waals surface area contributed by atoms with E-state index >= 15 is 4.39 Å². The number of aliphatic hydroxyl groups is 1. The van der Waals surface area contributed by atoms with Crippen molar-refractivity contribution in [2.75, 3.05) is 6.61 Å². The number of carbonyl (C=O) groups is 1. The van der Waals surface area contributed by atoms with E-state index in [2.05, 4.69) is 0 Å². The van der Waals surface area contributed by atoms with Crippen LogP contribution in [0.25, 0.3) is 0 Å². The van der Waals surface area contributed by atoms with Gasteiger partial charge in [0.05, 0.1) is 6.10 Å². The summed E-state index contributed by atoms with van der Waals surface area (Å²) in [5.41, 5.74) is -4.08. The SMILES string of the molecule is CC(C)OC(=O)C(C)N(Oc1ccccc1)[P+](=O)OC[C@H]1O[C@@H](n2ccc(=O)[nH]c2=O)[C@](C)(F)[C@@H]1O. The van der Waals surface area contributed by atoms with Gasteiger partial charge in [0.2, 0.25) is 0 Å². The fourth-order valence-corrected chi connectivity index (χ4v) is 4.35. The number of rotatable bonds is 10. The van der Waals surface area contributed by atoms with Crippen LogP contribution in [0, 0.1) is 0 Å². The number of hydroxylamine groups is 1. The van der Waals surface area contributed by atoms with Crippen molar-refractivity contribution in [3.63, 3.8) is 0 Å². The average Bonchev–Trinajstić information content (AvgIpc) is 3.04. The van der Waals surface area contributed by atoms with Gasteiger partial charge in [0.25, 0.3) is 5.56 Å². The Hall–Kier alpha value is -2.96. The van der Waals surface area contributed by atoms with E-state index in [1.807, 2.05) is 4.98 Å². The number of aliphatic hydroxyl groups excluding tert-OH is 1. The smallest absolute Gasteiger partial charge is 0.462 e. The molecule has 1 aliphatic rings. The molecule has 0 bridgehead atoms. The summed E-state index contributed by atoms with van der Waals surface area (Å²) in [6, 6.07) is 8.06. The molecule has 1 fully saturated rings. The summed E-state index contributed by atoms with van der Waals surface area (Å²) in [5.74, 6) is -0.460. The normalized spacial score (nSPS) is 25.1. The van der Waals surface area contributed by atoms with Gasteiger partial charge in [-0.15, -0.1) is 4.52 Å². The standard InChI is InChI=1S/C22H27FN3O9P/c1-13(2)33-19(29)14(3)26(35-15-8-6-5-7-9-15)36(31)32-12-16-18(28)22(4,23)20(34-16)25-11-10-17(27)24-21(25)30/h5-11,13-14,16,18,20,28H,12H2,1-4H3/p+1/t14?,16-,18-,20-,22-/m1/s1. The zero-order valence-corrected chi connectivity index (χ0v) is 21.0. The first kappa shape index (κ1) is 27.6. The second-order valence-corrected chi connectivity index (χ2v) is 9.67.